The fraction of sp³-hybridized carbons (Fsp3) is 0.364. The van der Waals surface area contributed by atoms with Crippen molar-refractivity contribution in [1.82, 2.24) is 0 Å². The Morgan fingerprint density at radius 1 is 1.15 bits per heavy atom. The zero-order valence-electron chi connectivity index (χ0n) is 16.7. The number of methoxy groups -OCH3 is 1. The van der Waals surface area contributed by atoms with E-state index in [0.717, 1.165) is 16.8 Å². The molecule has 144 valence electrons. The van der Waals surface area contributed by atoms with Gasteiger partial charge in [0.2, 0.25) is 11.8 Å². The first kappa shape index (κ1) is 20.5. The molecule has 5 nitrogen and oxygen atoms in total. The molecule has 0 aliphatic heterocycles. The first-order valence-corrected chi connectivity index (χ1v) is 9.15. The molecule has 2 aromatic carbocycles. The van der Waals surface area contributed by atoms with Crippen LogP contribution in [0.1, 0.15) is 44.2 Å². The smallest absolute Gasteiger partial charge is 0.226 e. The lowest BCUT2D eigenvalue weighted by Crippen LogP contribution is -2.33. The van der Waals surface area contributed by atoms with Crippen LogP contribution in [0.3, 0.4) is 0 Å². The van der Waals surface area contributed by atoms with Crippen LogP contribution in [-0.4, -0.2) is 25.5 Å². The molecule has 1 N–H and O–H groups in total. The molecule has 0 unspecified atom stereocenters. The van der Waals surface area contributed by atoms with Crippen molar-refractivity contribution in [3.8, 4) is 5.75 Å². The molecular weight excluding hydrogens is 340 g/mol. The summed E-state index contributed by atoms with van der Waals surface area (Å²) in [6.45, 7) is 8.07. The highest BCUT2D eigenvalue weighted by Crippen LogP contribution is 2.31. The van der Waals surface area contributed by atoms with E-state index < -0.39 is 0 Å². The lowest BCUT2D eigenvalue weighted by molar-refractivity contribution is -0.117. The van der Waals surface area contributed by atoms with E-state index in [1.165, 1.54) is 6.92 Å². The Balaban J connectivity index is 2.13. The molecule has 0 atom stereocenters. The third kappa shape index (κ3) is 5.33. The van der Waals surface area contributed by atoms with Crippen LogP contribution >= 0.6 is 0 Å². The zero-order valence-corrected chi connectivity index (χ0v) is 16.7. The molecule has 27 heavy (non-hydrogen) atoms. The van der Waals surface area contributed by atoms with E-state index in [9.17, 15) is 9.59 Å². The summed E-state index contributed by atoms with van der Waals surface area (Å²) < 4.78 is 5.17. The van der Waals surface area contributed by atoms with Crippen molar-refractivity contribution in [2.24, 2.45) is 0 Å². The molecule has 0 spiro atoms. The number of para-hydroxylation sites is 1. The molecule has 0 saturated carbocycles. The number of aryl methyl sites for hydroxylation is 1. The van der Waals surface area contributed by atoms with E-state index in [1.54, 1.807) is 24.1 Å². The van der Waals surface area contributed by atoms with Crippen LogP contribution in [0.25, 0.3) is 0 Å². The van der Waals surface area contributed by atoms with Gasteiger partial charge in [0.25, 0.3) is 0 Å². The molecule has 0 fully saturated rings. The van der Waals surface area contributed by atoms with Gasteiger partial charge in [0, 0.05) is 37.3 Å². The third-order valence-electron chi connectivity index (χ3n) is 4.46. The van der Waals surface area contributed by atoms with Gasteiger partial charge in [-0.15, -0.1) is 0 Å². The quantitative estimate of drug-likeness (QED) is 0.782. The summed E-state index contributed by atoms with van der Waals surface area (Å²) in [6, 6.07) is 13.2. The molecule has 5 heteroatoms. The van der Waals surface area contributed by atoms with Crippen molar-refractivity contribution >= 4 is 23.2 Å². The number of amides is 2. The molecule has 2 amide bonds. The number of rotatable bonds is 7. The predicted molar refractivity (Wildman–Crippen MR) is 110 cm³/mol. The average Bonchev–Trinajstić information content (AvgIpc) is 2.62. The van der Waals surface area contributed by atoms with Crippen molar-refractivity contribution < 1.29 is 14.3 Å². The third-order valence-corrected chi connectivity index (χ3v) is 4.46. The van der Waals surface area contributed by atoms with Crippen LogP contribution < -0.4 is 15.0 Å². The first-order valence-electron chi connectivity index (χ1n) is 9.15. The largest absolute Gasteiger partial charge is 0.497 e. The summed E-state index contributed by atoms with van der Waals surface area (Å²) in [5.74, 6) is 0.751. The number of carbonyl (C=O) groups is 2. The van der Waals surface area contributed by atoms with Gasteiger partial charge < -0.3 is 15.0 Å². The molecular formula is C22H28N2O3. The maximum Gasteiger partial charge on any atom is 0.226 e. The molecule has 0 aromatic heterocycles. The minimum Gasteiger partial charge on any atom is -0.497 e. The van der Waals surface area contributed by atoms with Gasteiger partial charge in [0.15, 0.2) is 0 Å². The van der Waals surface area contributed by atoms with Gasteiger partial charge in [-0.3, -0.25) is 9.59 Å². The Hall–Kier alpha value is -2.82. The molecule has 0 aliphatic carbocycles. The van der Waals surface area contributed by atoms with Gasteiger partial charge in [-0.2, -0.15) is 0 Å². The van der Waals surface area contributed by atoms with Crippen molar-refractivity contribution in [3.05, 3.63) is 53.6 Å². The van der Waals surface area contributed by atoms with Gasteiger partial charge in [-0.1, -0.05) is 38.1 Å². The van der Waals surface area contributed by atoms with Crippen LogP contribution in [-0.2, 0) is 9.59 Å². The SMILES string of the molecule is COc1cccc(NC(=O)CCN(C(C)=O)c2c(C)cccc2C(C)C)c1. The zero-order chi connectivity index (χ0) is 20.0. The molecule has 0 radical (unpaired) electrons. The van der Waals surface area contributed by atoms with Gasteiger partial charge in [-0.25, -0.2) is 0 Å². The minimum atomic E-state index is -0.144. The van der Waals surface area contributed by atoms with E-state index in [4.69, 9.17) is 4.74 Å². The van der Waals surface area contributed by atoms with E-state index in [2.05, 4.69) is 19.2 Å². The molecule has 0 bridgehead atoms. The second-order valence-electron chi connectivity index (χ2n) is 6.87. The maximum absolute atomic E-state index is 12.4. The number of hydrogen-bond acceptors (Lipinski definition) is 3. The van der Waals surface area contributed by atoms with Crippen molar-refractivity contribution in [2.75, 3.05) is 23.9 Å². The summed E-state index contributed by atoms with van der Waals surface area (Å²) in [6.07, 6.45) is 0.211. The predicted octanol–water partition coefficient (Wildman–Crippen LogP) is 4.51. The number of ether oxygens (including phenoxy) is 1. The van der Waals surface area contributed by atoms with Crippen LogP contribution in [0.4, 0.5) is 11.4 Å². The minimum absolute atomic E-state index is 0.0691. The highest BCUT2D eigenvalue weighted by molar-refractivity contribution is 5.96. The van der Waals surface area contributed by atoms with Crippen LogP contribution in [0, 0.1) is 6.92 Å². The van der Waals surface area contributed by atoms with E-state index >= 15 is 0 Å². The first-order chi connectivity index (χ1) is 12.8. The number of benzene rings is 2. The Morgan fingerprint density at radius 3 is 2.48 bits per heavy atom. The second kappa shape index (κ2) is 9.21. The lowest BCUT2D eigenvalue weighted by atomic mass is 9.97. The summed E-state index contributed by atoms with van der Waals surface area (Å²) >= 11 is 0. The maximum atomic E-state index is 12.4. The van der Waals surface area contributed by atoms with Crippen LogP contribution in [0.2, 0.25) is 0 Å². The fourth-order valence-corrected chi connectivity index (χ4v) is 3.08. The topological polar surface area (TPSA) is 58.6 Å². The second-order valence-corrected chi connectivity index (χ2v) is 6.87. The van der Waals surface area contributed by atoms with E-state index in [-0.39, 0.29) is 24.2 Å². The van der Waals surface area contributed by atoms with Crippen molar-refractivity contribution in [3.63, 3.8) is 0 Å². The van der Waals surface area contributed by atoms with Gasteiger partial charge >= 0.3 is 0 Å². The Bertz CT molecular complexity index is 815. The Kier molecular flexibility index (Phi) is 6.99. The summed E-state index contributed by atoms with van der Waals surface area (Å²) in [5.41, 5.74) is 3.73. The summed E-state index contributed by atoms with van der Waals surface area (Å²) in [5, 5.41) is 2.86. The van der Waals surface area contributed by atoms with Crippen molar-refractivity contribution in [1.29, 1.82) is 0 Å². The van der Waals surface area contributed by atoms with Gasteiger partial charge in [0.05, 0.1) is 7.11 Å². The highest BCUT2D eigenvalue weighted by Gasteiger charge is 2.20. The van der Waals surface area contributed by atoms with Crippen molar-refractivity contribution in [2.45, 2.75) is 40.0 Å². The standard InChI is InChI=1S/C22H28N2O3/c1-15(2)20-11-6-8-16(3)22(20)24(17(4)25)13-12-21(26)23-18-9-7-10-19(14-18)27-5/h6-11,14-15H,12-13H2,1-5H3,(H,23,26). The summed E-state index contributed by atoms with van der Waals surface area (Å²) in [7, 11) is 1.58. The molecule has 2 aromatic rings. The van der Waals surface area contributed by atoms with Crippen LogP contribution in [0.15, 0.2) is 42.5 Å². The summed E-state index contributed by atoms with van der Waals surface area (Å²) in [4.78, 5) is 26.4. The van der Waals surface area contributed by atoms with Gasteiger partial charge in [-0.05, 0) is 36.1 Å². The normalized spacial score (nSPS) is 10.6. The molecule has 0 saturated heterocycles. The number of carbonyl (C=O) groups excluding carboxylic acids is 2. The Labute approximate surface area is 161 Å². The van der Waals surface area contributed by atoms with Crippen LogP contribution in [0.5, 0.6) is 5.75 Å². The number of hydrogen-bond donors (Lipinski definition) is 1. The lowest BCUT2D eigenvalue weighted by Gasteiger charge is -2.27. The molecule has 0 aliphatic rings. The average molecular weight is 368 g/mol. The number of anilines is 2. The molecule has 2 rings (SSSR count). The Morgan fingerprint density at radius 2 is 1.85 bits per heavy atom. The number of nitrogens with one attached hydrogen (secondary N) is 1. The van der Waals surface area contributed by atoms with E-state index in [0.29, 0.717) is 18.0 Å². The fourth-order valence-electron chi connectivity index (χ4n) is 3.08. The molecule has 0 heterocycles. The van der Waals surface area contributed by atoms with Gasteiger partial charge in [0.1, 0.15) is 5.75 Å². The highest BCUT2D eigenvalue weighted by atomic mass is 16.5. The monoisotopic (exact) mass is 368 g/mol. The van der Waals surface area contributed by atoms with E-state index in [1.807, 2.05) is 37.3 Å². The number of nitrogens with zero attached hydrogens (tertiary/aromatic N) is 1.